The SMILES string of the molecule is CN(Cc1ccccc1CN1CCCC1)S(=O)(=O)N1CCCCCC1. The van der Waals surface area contributed by atoms with Crippen LogP contribution in [-0.2, 0) is 23.3 Å². The molecule has 2 aliphatic rings. The molecular weight excluding hydrogens is 334 g/mol. The van der Waals surface area contributed by atoms with Gasteiger partial charge in [-0.2, -0.15) is 17.0 Å². The lowest BCUT2D eigenvalue weighted by Crippen LogP contribution is -2.42. The number of rotatable bonds is 6. The van der Waals surface area contributed by atoms with Crippen molar-refractivity contribution in [3.8, 4) is 0 Å². The molecule has 3 rings (SSSR count). The van der Waals surface area contributed by atoms with Gasteiger partial charge >= 0.3 is 0 Å². The van der Waals surface area contributed by atoms with Crippen molar-refractivity contribution in [2.24, 2.45) is 0 Å². The Hall–Kier alpha value is -0.950. The van der Waals surface area contributed by atoms with Gasteiger partial charge in [-0.05, 0) is 49.9 Å². The van der Waals surface area contributed by atoms with E-state index in [4.69, 9.17) is 0 Å². The van der Waals surface area contributed by atoms with Crippen molar-refractivity contribution in [1.29, 1.82) is 0 Å². The maximum atomic E-state index is 12.9. The number of likely N-dealkylation sites (tertiary alicyclic amines) is 1. The van der Waals surface area contributed by atoms with Gasteiger partial charge in [-0.15, -0.1) is 0 Å². The molecule has 1 aromatic rings. The van der Waals surface area contributed by atoms with Gasteiger partial charge < -0.3 is 0 Å². The van der Waals surface area contributed by atoms with Crippen molar-refractivity contribution in [3.05, 3.63) is 35.4 Å². The summed E-state index contributed by atoms with van der Waals surface area (Å²) in [5, 5.41) is 0. The quantitative estimate of drug-likeness (QED) is 0.779. The van der Waals surface area contributed by atoms with E-state index in [1.807, 2.05) is 6.07 Å². The Morgan fingerprint density at radius 1 is 0.880 bits per heavy atom. The van der Waals surface area contributed by atoms with Gasteiger partial charge in [0.1, 0.15) is 0 Å². The molecule has 0 aromatic heterocycles. The third kappa shape index (κ3) is 4.82. The molecule has 0 amide bonds. The number of hydrogen-bond acceptors (Lipinski definition) is 3. The van der Waals surface area contributed by atoms with Crippen LogP contribution in [0.2, 0.25) is 0 Å². The summed E-state index contributed by atoms with van der Waals surface area (Å²) < 4.78 is 29.1. The first-order valence-corrected chi connectivity index (χ1v) is 11.0. The largest absolute Gasteiger partial charge is 0.299 e. The molecule has 6 heteroatoms. The number of benzene rings is 1. The third-order valence-corrected chi connectivity index (χ3v) is 7.32. The van der Waals surface area contributed by atoms with Crippen molar-refractivity contribution in [1.82, 2.24) is 13.5 Å². The predicted molar refractivity (Wildman–Crippen MR) is 101 cm³/mol. The van der Waals surface area contributed by atoms with E-state index < -0.39 is 10.2 Å². The van der Waals surface area contributed by atoms with E-state index in [1.165, 1.54) is 22.7 Å². The summed E-state index contributed by atoms with van der Waals surface area (Å²) in [7, 11) is -1.66. The predicted octanol–water partition coefficient (Wildman–Crippen LogP) is 2.84. The highest BCUT2D eigenvalue weighted by Crippen LogP contribution is 2.20. The second-order valence-corrected chi connectivity index (χ2v) is 9.36. The van der Waals surface area contributed by atoms with Crippen LogP contribution in [0.1, 0.15) is 49.7 Å². The summed E-state index contributed by atoms with van der Waals surface area (Å²) in [6.07, 6.45) is 6.75. The molecule has 140 valence electrons. The summed E-state index contributed by atoms with van der Waals surface area (Å²) in [6.45, 7) is 4.98. The standard InChI is InChI=1S/C19H31N3O2S/c1-20(25(23,24)22-14-6-2-3-7-15-22)16-18-10-4-5-11-19(18)17-21-12-8-9-13-21/h4-5,10-11H,2-3,6-9,12-17H2,1H3. The molecular formula is C19H31N3O2S. The summed E-state index contributed by atoms with van der Waals surface area (Å²) in [5.74, 6) is 0. The van der Waals surface area contributed by atoms with E-state index in [2.05, 4.69) is 23.1 Å². The zero-order valence-electron chi connectivity index (χ0n) is 15.4. The second kappa shape index (κ2) is 8.62. The van der Waals surface area contributed by atoms with Crippen molar-refractivity contribution >= 4 is 10.2 Å². The van der Waals surface area contributed by atoms with E-state index >= 15 is 0 Å². The lowest BCUT2D eigenvalue weighted by Gasteiger charge is -2.27. The summed E-state index contributed by atoms with van der Waals surface area (Å²) in [4.78, 5) is 2.46. The van der Waals surface area contributed by atoms with Crippen LogP contribution >= 0.6 is 0 Å². The van der Waals surface area contributed by atoms with Crippen molar-refractivity contribution in [2.45, 2.75) is 51.6 Å². The molecule has 2 saturated heterocycles. The van der Waals surface area contributed by atoms with Crippen LogP contribution in [0, 0.1) is 0 Å². The van der Waals surface area contributed by atoms with Gasteiger partial charge in [0, 0.05) is 33.2 Å². The number of hydrogen-bond donors (Lipinski definition) is 0. The average molecular weight is 366 g/mol. The van der Waals surface area contributed by atoms with Crippen LogP contribution in [0.3, 0.4) is 0 Å². The maximum Gasteiger partial charge on any atom is 0.282 e. The zero-order chi connectivity index (χ0) is 17.7. The van der Waals surface area contributed by atoms with Gasteiger partial charge in [0.05, 0.1) is 0 Å². The molecule has 2 heterocycles. The Balaban J connectivity index is 1.70. The Kier molecular flexibility index (Phi) is 6.49. The summed E-state index contributed by atoms with van der Waals surface area (Å²) in [5.41, 5.74) is 2.37. The fourth-order valence-electron chi connectivity index (χ4n) is 3.84. The van der Waals surface area contributed by atoms with Crippen LogP contribution < -0.4 is 0 Å². The topological polar surface area (TPSA) is 43.9 Å². The first-order valence-electron chi connectivity index (χ1n) is 9.58. The Labute approximate surface area is 152 Å². The first kappa shape index (κ1) is 18.8. The first-order chi connectivity index (χ1) is 12.1. The molecule has 25 heavy (non-hydrogen) atoms. The maximum absolute atomic E-state index is 12.9. The Bertz CT molecular complexity index is 648. The fraction of sp³-hybridized carbons (Fsp3) is 0.684. The average Bonchev–Trinajstić information content (AvgIpc) is 2.95. The highest BCUT2D eigenvalue weighted by atomic mass is 32.2. The molecule has 0 aliphatic carbocycles. The molecule has 0 atom stereocenters. The van der Waals surface area contributed by atoms with Crippen LogP contribution in [0.15, 0.2) is 24.3 Å². The minimum Gasteiger partial charge on any atom is -0.299 e. The van der Waals surface area contributed by atoms with Gasteiger partial charge in [0.25, 0.3) is 10.2 Å². The van der Waals surface area contributed by atoms with E-state index in [0.717, 1.165) is 50.9 Å². The van der Waals surface area contributed by atoms with Crippen LogP contribution in [0.25, 0.3) is 0 Å². The van der Waals surface area contributed by atoms with Gasteiger partial charge in [0.2, 0.25) is 0 Å². The molecule has 2 fully saturated rings. The molecule has 0 N–H and O–H groups in total. The van der Waals surface area contributed by atoms with Crippen molar-refractivity contribution < 1.29 is 8.42 Å². The van der Waals surface area contributed by atoms with E-state index in [9.17, 15) is 8.42 Å². The van der Waals surface area contributed by atoms with Gasteiger partial charge in [-0.25, -0.2) is 0 Å². The molecule has 0 spiro atoms. The molecule has 0 radical (unpaired) electrons. The van der Waals surface area contributed by atoms with E-state index in [-0.39, 0.29) is 0 Å². The molecule has 5 nitrogen and oxygen atoms in total. The summed E-state index contributed by atoms with van der Waals surface area (Å²) in [6, 6.07) is 8.27. The van der Waals surface area contributed by atoms with Crippen LogP contribution in [0.4, 0.5) is 0 Å². The lowest BCUT2D eigenvalue weighted by atomic mass is 10.1. The lowest BCUT2D eigenvalue weighted by molar-refractivity contribution is 0.327. The summed E-state index contributed by atoms with van der Waals surface area (Å²) >= 11 is 0. The monoisotopic (exact) mass is 365 g/mol. The van der Waals surface area contributed by atoms with Crippen molar-refractivity contribution in [3.63, 3.8) is 0 Å². The third-order valence-electron chi connectivity index (χ3n) is 5.39. The molecule has 0 saturated carbocycles. The minimum absolute atomic E-state index is 0.447. The van der Waals surface area contributed by atoms with Crippen molar-refractivity contribution in [2.75, 3.05) is 33.2 Å². The highest BCUT2D eigenvalue weighted by Gasteiger charge is 2.28. The van der Waals surface area contributed by atoms with E-state index in [0.29, 0.717) is 19.6 Å². The molecule has 2 aliphatic heterocycles. The van der Waals surface area contributed by atoms with Crippen LogP contribution in [-0.4, -0.2) is 55.2 Å². The van der Waals surface area contributed by atoms with Crippen LogP contribution in [0.5, 0.6) is 0 Å². The molecule has 1 aromatic carbocycles. The minimum atomic E-state index is -3.37. The van der Waals surface area contributed by atoms with Gasteiger partial charge in [0.15, 0.2) is 0 Å². The Morgan fingerprint density at radius 2 is 1.44 bits per heavy atom. The van der Waals surface area contributed by atoms with E-state index in [1.54, 1.807) is 11.4 Å². The molecule has 0 bridgehead atoms. The van der Waals surface area contributed by atoms with Gasteiger partial charge in [-0.1, -0.05) is 37.1 Å². The number of nitrogens with zero attached hydrogens (tertiary/aromatic N) is 3. The normalized spacial score (nSPS) is 20.9. The van der Waals surface area contributed by atoms with Gasteiger partial charge in [-0.3, -0.25) is 4.90 Å². The second-order valence-electron chi connectivity index (χ2n) is 7.33. The smallest absolute Gasteiger partial charge is 0.282 e. The Morgan fingerprint density at radius 3 is 2.08 bits per heavy atom. The fourth-order valence-corrected chi connectivity index (χ4v) is 5.25. The zero-order valence-corrected chi connectivity index (χ0v) is 16.2. The molecule has 0 unspecified atom stereocenters. The highest BCUT2D eigenvalue weighted by molar-refractivity contribution is 7.86.